The topological polar surface area (TPSA) is 29.5 Å². The maximum atomic E-state index is 12.5. The van der Waals surface area contributed by atoms with Crippen molar-refractivity contribution in [2.75, 3.05) is 19.7 Å². The van der Waals surface area contributed by atoms with Gasteiger partial charge in [-0.1, -0.05) is 53.6 Å². The second-order valence-electron chi connectivity index (χ2n) is 5.91. The van der Waals surface area contributed by atoms with Gasteiger partial charge in [0.15, 0.2) is 0 Å². The zero-order chi connectivity index (χ0) is 16.2. The molecule has 1 fully saturated rings. The lowest BCUT2D eigenvalue weighted by Gasteiger charge is -2.33. The number of aryl methyl sites for hydroxylation is 1. The highest BCUT2D eigenvalue weighted by atomic mass is 35.5. The van der Waals surface area contributed by atoms with Crippen LogP contribution in [0, 0.1) is 6.92 Å². The van der Waals surface area contributed by atoms with Crippen LogP contribution >= 0.6 is 11.6 Å². The van der Waals surface area contributed by atoms with Crippen molar-refractivity contribution in [1.82, 2.24) is 4.90 Å². The molecule has 1 heterocycles. The summed E-state index contributed by atoms with van der Waals surface area (Å²) in [6, 6.07) is 15.7. The summed E-state index contributed by atoms with van der Waals surface area (Å²) in [5, 5.41) is 0.687. The van der Waals surface area contributed by atoms with E-state index >= 15 is 0 Å². The molecule has 120 valence electrons. The van der Waals surface area contributed by atoms with E-state index in [1.807, 2.05) is 29.2 Å². The van der Waals surface area contributed by atoms with Crippen LogP contribution in [0.15, 0.2) is 48.5 Å². The Morgan fingerprint density at radius 2 is 1.87 bits per heavy atom. The molecule has 4 heteroatoms. The molecule has 0 spiro atoms. The van der Waals surface area contributed by atoms with Crippen LogP contribution in [0.25, 0.3) is 0 Å². The molecular formula is C19H20ClNO2. The molecule has 3 nitrogen and oxygen atoms in total. The summed E-state index contributed by atoms with van der Waals surface area (Å²) in [7, 11) is 0. The standard InChI is InChI=1S/C19H20ClNO2/c1-14-2-6-16(7-3-14)18-13-21(10-11-23-18)19(22)12-15-4-8-17(20)9-5-15/h2-9,18H,10-13H2,1H3. The predicted octanol–water partition coefficient (Wildman–Crippen LogP) is 3.79. The van der Waals surface area contributed by atoms with E-state index in [9.17, 15) is 4.79 Å². The third kappa shape index (κ3) is 4.12. The average Bonchev–Trinajstić information content (AvgIpc) is 2.58. The van der Waals surface area contributed by atoms with Crippen LogP contribution in [-0.2, 0) is 16.0 Å². The molecule has 1 unspecified atom stereocenters. The minimum Gasteiger partial charge on any atom is -0.370 e. The van der Waals surface area contributed by atoms with E-state index in [0.717, 1.165) is 11.1 Å². The van der Waals surface area contributed by atoms with Crippen molar-refractivity contribution in [1.29, 1.82) is 0 Å². The second kappa shape index (κ2) is 7.16. The molecular weight excluding hydrogens is 310 g/mol. The maximum absolute atomic E-state index is 12.5. The highest BCUT2D eigenvalue weighted by molar-refractivity contribution is 6.30. The van der Waals surface area contributed by atoms with Gasteiger partial charge in [0.05, 0.1) is 19.6 Å². The third-order valence-corrected chi connectivity index (χ3v) is 4.39. The zero-order valence-electron chi connectivity index (χ0n) is 13.2. The molecule has 3 rings (SSSR count). The van der Waals surface area contributed by atoms with Crippen LogP contribution in [-0.4, -0.2) is 30.5 Å². The quantitative estimate of drug-likeness (QED) is 0.857. The highest BCUT2D eigenvalue weighted by Gasteiger charge is 2.25. The van der Waals surface area contributed by atoms with Crippen LogP contribution in [0.2, 0.25) is 5.02 Å². The summed E-state index contributed by atoms with van der Waals surface area (Å²) in [4.78, 5) is 14.4. The number of ether oxygens (including phenoxy) is 1. The molecule has 1 amide bonds. The Labute approximate surface area is 141 Å². The number of halogens is 1. The first-order chi connectivity index (χ1) is 11.1. The van der Waals surface area contributed by atoms with Gasteiger partial charge >= 0.3 is 0 Å². The van der Waals surface area contributed by atoms with Crippen molar-refractivity contribution >= 4 is 17.5 Å². The normalized spacial score (nSPS) is 18.0. The van der Waals surface area contributed by atoms with E-state index in [1.165, 1.54) is 5.56 Å². The van der Waals surface area contributed by atoms with E-state index in [-0.39, 0.29) is 12.0 Å². The molecule has 1 saturated heterocycles. The number of nitrogens with zero attached hydrogens (tertiary/aromatic N) is 1. The fraction of sp³-hybridized carbons (Fsp3) is 0.316. The molecule has 1 atom stereocenters. The molecule has 0 aromatic heterocycles. The van der Waals surface area contributed by atoms with E-state index in [1.54, 1.807) is 0 Å². The Kier molecular flexibility index (Phi) is 4.99. The lowest BCUT2D eigenvalue weighted by Crippen LogP contribution is -2.42. The van der Waals surface area contributed by atoms with Crippen molar-refractivity contribution in [3.8, 4) is 0 Å². The summed E-state index contributed by atoms with van der Waals surface area (Å²) in [6.45, 7) is 3.89. The minimum absolute atomic E-state index is 0.0430. The van der Waals surface area contributed by atoms with Gasteiger partial charge < -0.3 is 9.64 Å². The van der Waals surface area contributed by atoms with E-state index in [0.29, 0.717) is 31.1 Å². The molecule has 0 aliphatic carbocycles. The second-order valence-corrected chi connectivity index (χ2v) is 6.35. The molecule has 1 aliphatic heterocycles. The highest BCUT2D eigenvalue weighted by Crippen LogP contribution is 2.23. The minimum atomic E-state index is -0.0430. The fourth-order valence-electron chi connectivity index (χ4n) is 2.75. The summed E-state index contributed by atoms with van der Waals surface area (Å²) in [6.07, 6.45) is 0.358. The molecule has 1 aliphatic rings. The molecule has 0 radical (unpaired) electrons. The van der Waals surface area contributed by atoms with Gasteiger partial charge in [-0.15, -0.1) is 0 Å². The Balaban J connectivity index is 1.64. The van der Waals surface area contributed by atoms with Crippen LogP contribution in [0.4, 0.5) is 0 Å². The van der Waals surface area contributed by atoms with Crippen molar-refractivity contribution in [3.63, 3.8) is 0 Å². The number of carbonyl (C=O) groups excluding carboxylic acids is 1. The van der Waals surface area contributed by atoms with Crippen LogP contribution in [0.3, 0.4) is 0 Å². The van der Waals surface area contributed by atoms with Crippen molar-refractivity contribution in [2.45, 2.75) is 19.4 Å². The maximum Gasteiger partial charge on any atom is 0.227 e. The van der Waals surface area contributed by atoms with Crippen molar-refractivity contribution in [2.24, 2.45) is 0 Å². The van der Waals surface area contributed by atoms with Gasteiger partial charge in [0.1, 0.15) is 6.10 Å². The molecule has 2 aromatic carbocycles. The van der Waals surface area contributed by atoms with E-state index < -0.39 is 0 Å². The monoisotopic (exact) mass is 329 g/mol. The number of morpholine rings is 1. The first-order valence-electron chi connectivity index (χ1n) is 7.82. The summed E-state index contributed by atoms with van der Waals surface area (Å²) >= 11 is 5.88. The lowest BCUT2D eigenvalue weighted by atomic mass is 10.1. The van der Waals surface area contributed by atoms with Gasteiger partial charge in [-0.05, 0) is 30.2 Å². The molecule has 0 bridgehead atoms. The summed E-state index contributed by atoms with van der Waals surface area (Å²) < 4.78 is 5.84. The van der Waals surface area contributed by atoms with Crippen molar-refractivity contribution < 1.29 is 9.53 Å². The number of rotatable bonds is 3. The summed E-state index contributed by atoms with van der Waals surface area (Å²) in [5.74, 6) is 0.132. The first-order valence-corrected chi connectivity index (χ1v) is 8.20. The Morgan fingerprint density at radius 1 is 1.17 bits per heavy atom. The largest absolute Gasteiger partial charge is 0.370 e. The van der Waals surface area contributed by atoms with E-state index in [2.05, 4.69) is 31.2 Å². The van der Waals surface area contributed by atoms with Gasteiger partial charge in [0.2, 0.25) is 5.91 Å². The van der Waals surface area contributed by atoms with Crippen molar-refractivity contribution in [3.05, 3.63) is 70.2 Å². The van der Waals surface area contributed by atoms with Gasteiger partial charge in [-0.25, -0.2) is 0 Å². The molecule has 0 N–H and O–H groups in total. The lowest BCUT2D eigenvalue weighted by molar-refractivity contribution is -0.138. The molecule has 2 aromatic rings. The van der Waals surface area contributed by atoms with Crippen LogP contribution in [0.1, 0.15) is 22.8 Å². The predicted molar refractivity (Wildman–Crippen MR) is 91.6 cm³/mol. The average molecular weight is 330 g/mol. The number of hydrogen-bond donors (Lipinski definition) is 0. The Bertz CT molecular complexity index is 667. The fourth-order valence-corrected chi connectivity index (χ4v) is 2.87. The molecule has 23 heavy (non-hydrogen) atoms. The van der Waals surface area contributed by atoms with Gasteiger partial charge in [0.25, 0.3) is 0 Å². The summed E-state index contributed by atoms with van der Waals surface area (Å²) in [5.41, 5.74) is 3.33. The SMILES string of the molecule is Cc1ccc(C2CN(C(=O)Cc3ccc(Cl)cc3)CCO2)cc1. The number of benzene rings is 2. The van der Waals surface area contributed by atoms with Gasteiger partial charge in [-0.2, -0.15) is 0 Å². The van der Waals surface area contributed by atoms with Gasteiger partial charge in [0, 0.05) is 11.6 Å². The zero-order valence-corrected chi connectivity index (χ0v) is 13.9. The number of hydrogen-bond acceptors (Lipinski definition) is 2. The van der Waals surface area contributed by atoms with Gasteiger partial charge in [-0.3, -0.25) is 4.79 Å². The van der Waals surface area contributed by atoms with Crippen LogP contribution in [0.5, 0.6) is 0 Å². The number of amides is 1. The Hall–Kier alpha value is -1.84. The molecule has 0 saturated carbocycles. The first kappa shape index (κ1) is 16.0. The third-order valence-electron chi connectivity index (χ3n) is 4.14. The Morgan fingerprint density at radius 3 is 2.57 bits per heavy atom. The van der Waals surface area contributed by atoms with Crippen LogP contribution < -0.4 is 0 Å². The van der Waals surface area contributed by atoms with E-state index in [4.69, 9.17) is 16.3 Å². The smallest absolute Gasteiger partial charge is 0.227 e. The number of carbonyl (C=O) groups is 1.